The highest BCUT2D eigenvalue weighted by atomic mass is 35.5. The molecule has 2 heterocycles. The molecule has 4 nitrogen and oxygen atoms in total. The Kier molecular flexibility index (Phi) is 2.71. The van der Waals surface area contributed by atoms with E-state index in [0.717, 1.165) is 24.5 Å². The average Bonchev–Trinajstić information content (AvgIpc) is 2.42. The number of primary amides is 1. The molecular formula is C8H10ClN3OS. The predicted molar refractivity (Wildman–Crippen MR) is 55.1 cm³/mol. The van der Waals surface area contributed by atoms with Crippen molar-refractivity contribution in [2.75, 3.05) is 13.1 Å². The lowest BCUT2D eigenvalue weighted by molar-refractivity contribution is -0.127. The number of carbonyl (C=O) groups excluding carboxylic acids is 1. The van der Waals surface area contributed by atoms with Crippen molar-refractivity contribution in [3.05, 3.63) is 15.5 Å². The fourth-order valence-electron chi connectivity index (χ4n) is 1.46. The lowest BCUT2D eigenvalue weighted by atomic mass is 10.00. The van der Waals surface area contributed by atoms with E-state index in [2.05, 4.69) is 9.88 Å². The van der Waals surface area contributed by atoms with Crippen molar-refractivity contribution in [1.29, 1.82) is 0 Å². The van der Waals surface area contributed by atoms with Crippen LogP contribution in [0.2, 0.25) is 4.47 Å². The maximum absolute atomic E-state index is 10.7. The zero-order valence-corrected chi connectivity index (χ0v) is 9.01. The van der Waals surface area contributed by atoms with Gasteiger partial charge in [-0.15, -0.1) is 11.3 Å². The number of halogens is 1. The van der Waals surface area contributed by atoms with E-state index in [4.69, 9.17) is 17.3 Å². The Morgan fingerprint density at radius 1 is 1.79 bits per heavy atom. The van der Waals surface area contributed by atoms with Gasteiger partial charge in [-0.25, -0.2) is 4.98 Å². The maximum Gasteiger partial charge on any atom is 0.223 e. The number of carbonyl (C=O) groups is 1. The van der Waals surface area contributed by atoms with Gasteiger partial charge < -0.3 is 5.73 Å². The van der Waals surface area contributed by atoms with Crippen LogP contribution in [0.5, 0.6) is 0 Å². The minimum atomic E-state index is -0.205. The van der Waals surface area contributed by atoms with E-state index >= 15 is 0 Å². The van der Waals surface area contributed by atoms with Gasteiger partial charge in [0, 0.05) is 30.7 Å². The summed E-state index contributed by atoms with van der Waals surface area (Å²) in [5.74, 6) is -0.179. The van der Waals surface area contributed by atoms with Crippen molar-refractivity contribution in [1.82, 2.24) is 9.88 Å². The normalized spacial score (nSPS) is 18.1. The van der Waals surface area contributed by atoms with Crippen molar-refractivity contribution < 1.29 is 4.79 Å². The number of nitrogens with two attached hydrogens (primary N) is 1. The monoisotopic (exact) mass is 231 g/mol. The van der Waals surface area contributed by atoms with Crippen LogP contribution in [0.1, 0.15) is 4.88 Å². The summed E-state index contributed by atoms with van der Waals surface area (Å²) in [7, 11) is 0. The van der Waals surface area contributed by atoms with Gasteiger partial charge >= 0.3 is 0 Å². The van der Waals surface area contributed by atoms with E-state index in [1.54, 1.807) is 6.20 Å². The van der Waals surface area contributed by atoms with Gasteiger partial charge in [0.05, 0.1) is 5.92 Å². The third kappa shape index (κ3) is 2.05. The van der Waals surface area contributed by atoms with E-state index in [9.17, 15) is 4.79 Å². The third-order valence-electron chi connectivity index (χ3n) is 2.26. The Bertz CT molecular complexity index is 348. The van der Waals surface area contributed by atoms with Crippen molar-refractivity contribution in [2.45, 2.75) is 6.54 Å². The van der Waals surface area contributed by atoms with E-state index in [1.807, 2.05) is 0 Å². The van der Waals surface area contributed by atoms with Crippen LogP contribution in [-0.4, -0.2) is 28.9 Å². The molecule has 0 radical (unpaired) electrons. The molecule has 0 spiro atoms. The van der Waals surface area contributed by atoms with Crippen molar-refractivity contribution in [3.63, 3.8) is 0 Å². The number of amides is 1. The maximum atomic E-state index is 10.7. The van der Waals surface area contributed by atoms with Crippen LogP contribution in [0.4, 0.5) is 0 Å². The number of hydrogen-bond donors (Lipinski definition) is 1. The van der Waals surface area contributed by atoms with Crippen molar-refractivity contribution in [3.8, 4) is 0 Å². The quantitative estimate of drug-likeness (QED) is 0.834. The number of nitrogens with zero attached hydrogens (tertiary/aromatic N) is 2. The molecule has 1 amide bonds. The fraction of sp³-hybridized carbons (Fsp3) is 0.500. The molecule has 0 aliphatic carbocycles. The van der Waals surface area contributed by atoms with Gasteiger partial charge in [0.25, 0.3) is 0 Å². The first kappa shape index (κ1) is 9.89. The Morgan fingerprint density at radius 2 is 2.50 bits per heavy atom. The number of rotatable bonds is 3. The molecule has 1 aliphatic rings. The number of hydrogen-bond acceptors (Lipinski definition) is 4. The number of aromatic nitrogens is 1. The predicted octanol–water partition coefficient (Wildman–Crippen LogP) is 0.714. The molecule has 2 rings (SSSR count). The highest BCUT2D eigenvalue weighted by Gasteiger charge is 2.30. The summed E-state index contributed by atoms with van der Waals surface area (Å²) in [6.45, 7) is 2.32. The van der Waals surface area contributed by atoms with Gasteiger partial charge in [-0.05, 0) is 0 Å². The summed E-state index contributed by atoms with van der Waals surface area (Å²) in [5, 5.41) is 0. The first-order valence-electron chi connectivity index (χ1n) is 4.27. The molecule has 1 aliphatic heterocycles. The zero-order chi connectivity index (χ0) is 10.1. The largest absolute Gasteiger partial charge is 0.369 e. The Labute approximate surface area is 90.7 Å². The number of likely N-dealkylation sites (tertiary alicyclic amines) is 1. The van der Waals surface area contributed by atoms with Gasteiger partial charge in [0.15, 0.2) is 4.47 Å². The summed E-state index contributed by atoms with van der Waals surface area (Å²) in [6, 6.07) is 0. The van der Waals surface area contributed by atoms with E-state index in [1.165, 1.54) is 11.3 Å². The molecule has 6 heteroatoms. The van der Waals surface area contributed by atoms with E-state index in [0.29, 0.717) is 4.47 Å². The summed E-state index contributed by atoms with van der Waals surface area (Å²) >= 11 is 7.17. The van der Waals surface area contributed by atoms with Crippen LogP contribution < -0.4 is 5.73 Å². The molecule has 1 aromatic rings. The minimum Gasteiger partial charge on any atom is -0.369 e. The van der Waals surface area contributed by atoms with Gasteiger partial charge in [-0.2, -0.15) is 0 Å². The molecule has 1 aromatic heterocycles. The van der Waals surface area contributed by atoms with Crippen molar-refractivity contribution in [2.24, 2.45) is 11.7 Å². The molecule has 0 bridgehead atoms. The first-order chi connectivity index (χ1) is 6.65. The second kappa shape index (κ2) is 3.84. The van der Waals surface area contributed by atoms with Crippen LogP contribution in [0.15, 0.2) is 6.20 Å². The molecule has 1 saturated heterocycles. The van der Waals surface area contributed by atoms with Crippen LogP contribution in [0.3, 0.4) is 0 Å². The second-order valence-corrected chi connectivity index (χ2v) is 5.07. The van der Waals surface area contributed by atoms with Crippen LogP contribution in [0, 0.1) is 5.92 Å². The molecule has 76 valence electrons. The second-order valence-electron chi connectivity index (χ2n) is 3.37. The minimum absolute atomic E-state index is 0.0263. The highest BCUT2D eigenvalue weighted by Crippen LogP contribution is 2.23. The standard InChI is InChI=1S/C8H10ClN3OS/c9-8-11-1-6(14-8)4-12-2-5(3-12)7(10)13/h1,5H,2-4H2,(H2,10,13). The number of thiazole rings is 1. The van der Waals surface area contributed by atoms with Crippen LogP contribution in [0.25, 0.3) is 0 Å². The Hall–Kier alpha value is -0.650. The first-order valence-corrected chi connectivity index (χ1v) is 5.46. The summed E-state index contributed by atoms with van der Waals surface area (Å²) < 4.78 is 0.562. The van der Waals surface area contributed by atoms with E-state index < -0.39 is 0 Å². The lowest BCUT2D eigenvalue weighted by Gasteiger charge is -2.36. The Balaban J connectivity index is 1.82. The SMILES string of the molecule is NC(=O)C1CN(Cc2cnc(Cl)s2)C1. The van der Waals surface area contributed by atoms with Crippen LogP contribution in [-0.2, 0) is 11.3 Å². The summed E-state index contributed by atoms with van der Waals surface area (Å²) in [6.07, 6.45) is 1.77. The fourth-order valence-corrected chi connectivity index (χ4v) is 2.48. The van der Waals surface area contributed by atoms with Gasteiger partial charge in [-0.3, -0.25) is 9.69 Å². The Morgan fingerprint density at radius 3 is 3.00 bits per heavy atom. The van der Waals surface area contributed by atoms with Crippen molar-refractivity contribution >= 4 is 28.8 Å². The molecular weight excluding hydrogens is 222 g/mol. The molecule has 0 aromatic carbocycles. The lowest BCUT2D eigenvalue weighted by Crippen LogP contribution is -2.51. The van der Waals surface area contributed by atoms with E-state index in [-0.39, 0.29) is 11.8 Å². The van der Waals surface area contributed by atoms with Gasteiger partial charge in [0.2, 0.25) is 5.91 Å². The smallest absolute Gasteiger partial charge is 0.223 e. The molecule has 0 atom stereocenters. The molecule has 1 fully saturated rings. The molecule has 0 saturated carbocycles. The van der Waals surface area contributed by atoms with Gasteiger partial charge in [0.1, 0.15) is 0 Å². The molecule has 14 heavy (non-hydrogen) atoms. The zero-order valence-electron chi connectivity index (χ0n) is 7.44. The summed E-state index contributed by atoms with van der Waals surface area (Å²) in [4.78, 5) is 18.0. The topological polar surface area (TPSA) is 59.2 Å². The summed E-state index contributed by atoms with van der Waals surface area (Å²) in [5.41, 5.74) is 5.16. The highest BCUT2D eigenvalue weighted by molar-refractivity contribution is 7.15. The third-order valence-corrected chi connectivity index (χ3v) is 3.36. The molecule has 2 N–H and O–H groups in total. The average molecular weight is 232 g/mol. The van der Waals surface area contributed by atoms with Gasteiger partial charge in [-0.1, -0.05) is 11.6 Å². The van der Waals surface area contributed by atoms with Crippen LogP contribution >= 0.6 is 22.9 Å². The molecule has 0 unspecified atom stereocenters.